The highest BCUT2D eigenvalue weighted by atomic mass is 32.1. The van der Waals surface area contributed by atoms with Crippen LogP contribution in [0, 0.1) is 0 Å². The fraction of sp³-hybridized carbons (Fsp3) is 0.444. The van der Waals surface area contributed by atoms with Gasteiger partial charge in [-0.25, -0.2) is 0 Å². The Balaban J connectivity index is 2.54. The first kappa shape index (κ1) is 10.8. The number of nitrogens with zero attached hydrogens (tertiary/aromatic N) is 2. The van der Waals surface area contributed by atoms with Crippen LogP contribution in [0.2, 0.25) is 0 Å². The summed E-state index contributed by atoms with van der Waals surface area (Å²) in [4.78, 5) is 3.05. The van der Waals surface area contributed by atoms with Crippen LogP contribution in [-0.4, -0.2) is 29.2 Å². The number of guanidine groups is 1. The summed E-state index contributed by atoms with van der Waals surface area (Å²) < 4.78 is 0. The average molecular weight is 213 g/mol. The molecule has 1 rings (SSSR count). The van der Waals surface area contributed by atoms with E-state index in [0.29, 0.717) is 0 Å². The van der Waals surface area contributed by atoms with Crippen molar-refractivity contribution in [3.05, 3.63) is 22.4 Å². The molecular weight excluding hydrogens is 198 g/mol. The molecule has 5 heteroatoms. The van der Waals surface area contributed by atoms with E-state index in [1.807, 2.05) is 25.4 Å². The van der Waals surface area contributed by atoms with E-state index < -0.39 is 0 Å². The Bertz CT molecular complexity index is 297. The second-order valence-electron chi connectivity index (χ2n) is 3.20. The Kier molecular flexibility index (Phi) is 3.76. The lowest BCUT2D eigenvalue weighted by atomic mass is 10.2. The first-order chi connectivity index (χ1) is 6.65. The van der Waals surface area contributed by atoms with E-state index in [2.05, 4.69) is 11.2 Å². The van der Waals surface area contributed by atoms with Gasteiger partial charge in [0.05, 0.1) is 0 Å². The second kappa shape index (κ2) is 4.85. The largest absolute Gasteiger partial charge is 0.408 e. The highest BCUT2D eigenvalue weighted by Crippen LogP contribution is 2.13. The number of rotatable bonds is 3. The van der Waals surface area contributed by atoms with Gasteiger partial charge in [0.2, 0.25) is 5.96 Å². The average Bonchev–Trinajstić information content (AvgIpc) is 2.68. The number of oxime groups is 1. The highest BCUT2D eigenvalue weighted by molar-refractivity contribution is 7.09. The molecule has 0 bridgehead atoms. The van der Waals surface area contributed by atoms with Crippen LogP contribution in [0.5, 0.6) is 0 Å². The maximum Gasteiger partial charge on any atom is 0.233 e. The number of hydrogen-bond donors (Lipinski definition) is 2. The second-order valence-corrected chi connectivity index (χ2v) is 4.23. The van der Waals surface area contributed by atoms with Gasteiger partial charge < -0.3 is 15.8 Å². The number of likely N-dealkylation sites (N-methyl/N-ethyl adjacent to an activating group) is 1. The van der Waals surface area contributed by atoms with Gasteiger partial charge in [-0.3, -0.25) is 0 Å². The summed E-state index contributed by atoms with van der Waals surface area (Å²) in [5, 5.41) is 13.5. The van der Waals surface area contributed by atoms with Crippen LogP contribution >= 0.6 is 11.3 Å². The lowest BCUT2D eigenvalue weighted by Gasteiger charge is -2.24. The summed E-state index contributed by atoms with van der Waals surface area (Å²) in [6, 6.07) is 4.34. The molecular formula is C9H15N3OS. The summed E-state index contributed by atoms with van der Waals surface area (Å²) in [5.41, 5.74) is 5.48. The van der Waals surface area contributed by atoms with Gasteiger partial charge in [0.25, 0.3) is 0 Å². The minimum atomic E-state index is 0.147. The molecule has 1 aromatic heterocycles. The molecule has 0 fully saturated rings. The Morgan fingerprint density at radius 1 is 1.79 bits per heavy atom. The first-order valence-corrected chi connectivity index (χ1v) is 5.26. The van der Waals surface area contributed by atoms with Gasteiger partial charge in [-0.1, -0.05) is 11.2 Å². The molecule has 0 radical (unpaired) electrons. The molecule has 0 aliphatic rings. The van der Waals surface area contributed by atoms with Crippen molar-refractivity contribution in [2.45, 2.75) is 19.4 Å². The maximum absolute atomic E-state index is 8.50. The molecule has 0 saturated heterocycles. The van der Waals surface area contributed by atoms with Crippen LogP contribution in [0.1, 0.15) is 11.8 Å². The zero-order chi connectivity index (χ0) is 10.6. The quantitative estimate of drug-likeness (QED) is 0.344. The Morgan fingerprint density at radius 2 is 2.50 bits per heavy atom. The molecule has 0 aliphatic carbocycles. The van der Waals surface area contributed by atoms with Crippen molar-refractivity contribution in [3.8, 4) is 0 Å². The third kappa shape index (κ3) is 2.63. The number of thiophene rings is 1. The van der Waals surface area contributed by atoms with Crippen LogP contribution in [0.4, 0.5) is 0 Å². The SMILES string of the molecule is CC(Cc1cccs1)N(C)C(N)=NO. The summed E-state index contributed by atoms with van der Waals surface area (Å²) in [6.07, 6.45) is 0.907. The molecule has 3 N–H and O–H groups in total. The van der Waals surface area contributed by atoms with Gasteiger partial charge in [0, 0.05) is 24.4 Å². The summed E-state index contributed by atoms with van der Waals surface area (Å²) in [5.74, 6) is 0.147. The van der Waals surface area contributed by atoms with Gasteiger partial charge in [0.1, 0.15) is 0 Å². The molecule has 0 aliphatic heterocycles. The van der Waals surface area contributed by atoms with Crippen molar-refractivity contribution in [1.82, 2.24) is 4.90 Å². The fourth-order valence-electron chi connectivity index (χ4n) is 1.15. The molecule has 1 unspecified atom stereocenters. The topological polar surface area (TPSA) is 61.8 Å². The van der Waals surface area contributed by atoms with Crippen molar-refractivity contribution >= 4 is 17.3 Å². The standard InChI is InChI=1S/C9H15N3OS/c1-7(12(2)9(10)11-13)6-8-4-3-5-14-8/h3-5,7,13H,6H2,1-2H3,(H2,10,11). The van der Waals surface area contributed by atoms with Gasteiger partial charge in [-0.05, 0) is 18.4 Å². The molecule has 14 heavy (non-hydrogen) atoms. The molecule has 1 heterocycles. The van der Waals surface area contributed by atoms with E-state index in [9.17, 15) is 0 Å². The van der Waals surface area contributed by atoms with E-state index in [1.165, 1.54) is 4.88 Å². The number of hydrogen-bond acceptors (Lipinski definition) is 3. The molecule has 0 spiro atoms. The minimum absolute atomic E-state index is 0.147. The predicted molar refractivity (Wildman–Crippen MR) is 58.7 cm³/mol. The lowest BCUT2D eigenvalue weighted by Crippen LogP contribution is -2.41. The van der Waals surface area contributed by atoms with Crippen LogP contribution in [0.25, 0.3) is 0 Å². The predicted octanol–water partition coefficient (Wildman–Crippen LogP) is 1.31. The van der Waals surface area contributed by atoms with Crippen molar-refractivity contribution in [1.29, 1.82) is 0 Å². The molecule has 1 atom stereocenters. The van der Waals surface area contributed by atoms with Crippen LogP contribution < -0.4 is 5.73 Å². The molecule has 0 aromatic carbocycles. The van der Waals surface area contributed by atoms with E-state index in [1.54, 1.807) is 16.2 Å². The van der Waals surface area contributed by atoms with E-state index in [4.69, 9.17) is 10.9 Å². The highest BCUT2D eigenvalue weighted by Gasteiger charge is 2.12. The van der Waals surface area contributed by atoms with Crippen molar-refractivity contribution in [2.24, 2.45) is 10.9 Å². The van der Waals surface area contributed by atoms with Gasteiger partial charge >= 0.3 is 0 Å². The van der Waals surface area contributed by atoms with Gasteiger partial charge in [0.15, 0.2) is 0 Å². The summed E-state index contributed by atoms with van der Waals surface area (Å²) in [7, 11) is 1.81. The van der Waals surface area contributed by atoms with Crippen LogP contribution in [0.15, 0.2) is 22.7 Å². The van der Waals surface area contributed by atoms with Crippen molar-refractivity contribution in [3.63, 3.8) is 0 Å². The molecule has 4 nitrogen and oxygen atoms in total. The van der Waals surface area contributed by atoms with Crippen LogP contribution in [0.3, 0.4) is 0 Å². The minimum Gasteiger partial charge on any atom is -0.408 e. The Hall–Kier alpha value is -1.23. The van der Waals surface area contributed by atoms with Crippen molar-refractivity contribution < 1.29 is 5.21 Å². The lowest BCUT2D eigenvalue weighted by molar-refractivity contribution is 0.293. The van der Waals surface area contributed by atoms with E-state index >= 15 is 0 Å². The van der Waals surface area contributed by atoms with E-state index in [-0.39, 0.29) is 12.0 Å². The monoisotopic (exact) mass is 213 g/mol. The zero-order valence-electron chi connectivity index (χ0n) is 8.34. The smallest absolute Gasteiger partial charge is 0.233 e. The summed E-state index contributed by atoms with van der Waals surface area (Å²) >= 11 is 1.72. The normalized spacial score (nSPS) is 14.0. The van der Waals surface area contributed by atoms with Gasteiger partial charge in [-0.15, -0.1) is 11.3 Å². The zero-order valence-corrected chi connectivity index (χ0v) is 9.16. The van der Waals surface area contributed by atoms with Gasteiger partial charge in [-0.2, -0.15) is 0 Å². The molecule has 78 valence electrons. The molecule has 0 saturated carbocycles. The number of nitrogens with two attached hydrogens (primary N) is 1. The third-order valence-electron chi connectivity index (χ3n) is 2.20. The molecule has 0 amide bonds. The Labute approximate surface area is 87.6 Å². The van der Waals surface area contributed by atoms with Crippen molar-refractivity contribution in [2.75, 3.05) is 7.05 Å². The maximum atomic E-state index is 8.50. The van der Waals surface area contributed by atoms with Crippen LogP contribution in [-0.2, 0) is 6.42 Å². The molecule has 1 aromatic rings. The Morgan fingerprint density at radius 3 is 3.00 bits per heavy atom. The summed E-state index contributed by atoms with van der Waals surface area (Å²) in [6.45, 7) is 2.04. The fourth-order valence-corrected chi connectivity index (χ4v) is 1.98. The van der Waals surface area contributed by atoms with E-state index in [0.717, 1.165) is 6.42 Å². The third-order valence-corrected chi connectivity index (χ3v) is 3.10. The first-order valence-electron chi connectivity index (χ1n) is 4.38.